The van der Waals surface area contributed by atoms with E-state index in [0.29, 0.717) is 13.0 Å². The Morgan fingerprint density at radius 1 is 1.25 bits per heavy atom. The van der Waals surface area contributed by atoms with Crippen molar-refractivity contribution in [3.8, 4) is 5.75 Å². The number of primary amides is 1. The monoisotopic (exact) mass is 525 g/mol. The summed E-state index contributed by atoms with van der Waals surface area (Å²) in [5.74, 6) is -10.8. The molecule has 2 aromatic rings. The first-order chi connectivity index (χ1) is 16.6. The van der Waals surface area contributed by atoms with Gasteiger partial charge >= 0.3 is 18.7 Å². The highest BCUT2D eigenvalue weighted by molar-refractivity contribution is 5.97. The summed E-state index contributed by atoms with van der Waals surface area (Å²) in [7, 11) is 0. The Hall–Kier alpha value is -3.62. The number of halogens is 7. The smallest absolute Gasteiger partial charge is 0.417 e. The van der Waals surface area contributed by atoms with E-state index >= 15 is 0 Å². The van der Waals surface area contributed by atoms with Gasteiger partial charge in [0.05, 0.1) is 5.69 Å². The summed E-state index contributed by atoms with van der Waals surface area (Å²) >= 11 is 0. The molecule has 0 saturated carbocycles. The van der Waals surface area contributed by atoms with Crippen LogP contribution in [0.25, 0.3) is 0 Å². The van der Waals surface area contributed by atoms with Crippen LogP contribution in [0, 0.1) is 22.8 Å². The maximum atomic E-state index is 14.4. The van der Waals surface area contributed by atoms with E-state index in [1.807, 2.05) is 0 Å². The summed E-state index contributed by atoms with van der Waals surface area (Å²) in [4.78, 5) is 24.4. The fraction of sp³-hybridized carbons (Fsp3) is 0.381. The summed E-state index contributed by atoms with van der Waals surface area (Å²) in [5, 5.41) is 13.8. The molecule has 1 fully saturated rings. The molecule has 0 radical (unpaired) electrons. The van der Waals surface area contributed by atoms with Gasteiger partial charge in [0.2, 0.25) is 5.82 Å². The van der Waals surface area contributed by atoms with Gasteiger partial charge in [0.25, 0.3) is 11.6 Å². The minimum Gasteiger partial charge on any atom is -0.618 e. The van der Waals surface area contributed by atoms with Crippen molar-refractivity contribution in [1.82, 2.24) is 0 Å². The third kappa shape index (κ3) is 4.74. The van der Waals surface area contributed by atoms with Gasteiger partial charge in [-0.3, -0.25) is 9.59 Å². The molecule has 4 atom stereocenters. The van der Waals surface area contributed by atoms with E-state index in [1.165, 1.54) is 0 Å². The lowest BCUT2D eigenvalue weighted by Crippen LogP contribution is -2.47. The van der Waals surface area contributed by atoms with Gasteiger partial charge in [-0.2, -0.15) is 31.1 Å². The average molecular weight is 525 g/mol. The number of nitrogens with two attached hydrogens (primary N) is 1. The number of nitrogens with one attached hydrogen (secondary N) is 1. The normalized spacial score (nSPS) is 24.1. The van der Waals surface area contributed by atoms with Crippen molar-refractivity contribution in [2.24, 2.45) is 11.7 Å². The number of hydrogen-bond donors (Lipinski definition) is 2. The van der Waals surface area contributed by atoms with Crippen molar-refractivity contribution < 1.29 is 54.5 Å². The summed E-state index contributed by atoms with van der Waals surface area (Å²) in [6.45, 7) is -2.07. The molecular weight excluding hydrogens is 507 g/mol. The first-order valence-corrected chi connectivity index (χ1v) is 10.1. The van der Waals surface area contributed by atoms with E-state index in [0.717, 1.165) is 31.3 Å². The predicted molar refractivity (Wildman–Crippen MR) is 107 cm³/mol. The molecule has 8 nitrogen and oxygen atoms in total. The maximum Gasteiger partial charge on any atom is 0.417 e. The second kappa shape index (κ2) is 9.44. The van der Waals surface area contributed by atoms with E-state index in [-0.39, 0.29) is 10.4 Å². The van der Waals surface area contributed by atoms with Crippen molar-refractivity contribution >= 4 is 17.5 Å². The Bertz CT molecular complexity index is 1190. The second-order valence-corrected chi connectivity index (χ2v) is 8.10. The number of hydrogen-bond acceptors (Lipinski definition) is 5. The molecule has 2 amide bonds. The maximum absolute atomic E-state index is 14.4. The van der Waals surface area contributed by atoms with Crippen LogP contribution in [0.1, 0.15) is 35.8 Å². The van der Waals surface area contributed by atoms with Crippen LogP contribution >= 0.6 is 0 Å². The lowest BCUT2D eigenvalue weighted by Gasteiger charge is -2.32. The van der Waals surface area contributed by atoms with Crippen LogP contribution < -0.4 is 20.5 Å². The number of benzene rings is 1. The molecule has 36 heavy (non-hydrogen) atoms. The summed E-state index contributed by atoms with van der Waals surface area (Å²) < 4.78 is 105. The van der Waals surface area contributed by atoms with Crippen LogP contribution in [0.5, 0.6) is 5.75 Å². The first-order valence-electron chi connectivity index (χ1n) is 10.1. The molecule has 0 bridgehead atoms. The van der Waals surface area contributed by atoms with Gasteiger partial charge in [0.15, 0.2) is 23.4 Å². The number of amides is 2. The number of aromatic nitrogens is 1. The Morgan fingerprint density at radius 3 is 2.44 bits per heavy atom. The Kier molecular flexibility index (Phi) is 7.08. The van der Waals surface area contributed by atoms with E-state index < -0.39 is 76.8 Å². The third-order valence-electron chi connectivity index (χ3n) is 6.01. The van der Waals surface area contributed by atoms with E-state index in [4.69, 9.17) is 10.5 Å². The van der Waals surface area contributed by atoms with Crippen molar-refractivity contribution in [1.29, 1.82) is 0 Å². The van der Waals surface area contributed by atoms with Crippen molar-refractivity contribution in [2.75, 3.05) is 5.32 Å². The molecule has 1 aromatic carbocycles. The first kappa shape index (κ1) is 27.0. The zero-order chi connectivity index (χ0) is 27.2. The van der Waals surface area contributed by atoms with Gasteiger partial charge in [0.1, 0.15) is 6.10 Å². The van der Waals surface area contributed by atoms with Crippen LogP contribution in [-0.2, 0) is 9.53 Å². The standard InChI is InChI=1S/C21H18F7N3O5/c1-8-13(10-3-4-11(22)14(23)15(10)35-19(24)25)16(36-20(8,2)21(26,27)28)18(33)30-9-5-6-31(34)12(7-9)17(29)32/h3-8,13,16,19H,1-2H3,(H2,29,32)(H,30,33)/t8-,13-,16+,20+/m1/s1. The highest BCUT2D eigenvalue weighted by Gasteiger charge is 2.66. The van der Waals surface area contributed by atoms with Gasteiger partial charge in [-0.05, 0) is 13.0 Å². The largest absolute Gasteiger partial charge is 0.618 e. The van der Waals surface area contributed by atoms with Gasteiger partial charge in [-0.1, -0.05) is 13.0 Å². The molecule has 0 spiro atoms. The predicted octanol–water partition coefficient (Wildman–Crippen LogP) is 3.38. The molecule has 1 aliphatic rings. The lowest BCUT2D eigenvalue weighted by atomic mass is 9.77. The molecule has 1 saturated heterocycles. The number of anilines is 1. The fourth-order valence-electron chi connectivity index (χ4n) is 4.00. The number of rotatable bonds is 6. The van der Waals surface area contributed by atoms with Crippen LogP contribution in [0.4, 0.5) is 36.4 Å². The number of carbonyl (C=O) groups is 2. The van der Waals surface area contributed by atoms with Crippen molar-refractivity contribution in [3.05, 3.63) is 58.6 Å². The van der Waals surface area contributed by atoms with Gasteiger partial charge in [0, 0.05) is 29.5 Å². The SMILES string of the molecule is C[C@@H]1[C@H](c2ccc(F)c(F)c2OC(F)F)[C@@H](C(=O)Nc2cc[n+]([O-])c(C(N)=O)c2)O[C@]1(C)C(F)(F)F. The molecule has 1 aromatic heterocycles. The molecule has 3 rings (SSSR count). The highest BCUT2D eigenvalue weighted by Crippen LogP contribution is 2.55. The van der Waals surface area contributed by atoms with Crippen LogP contribution in [0.3, 0.4) is 0 Å². The number of pyridine rings is 1. The molecule has 2 heterocycles. The number of carbonyl (C=O) groups excluding carboxylic acids is 2. The van der Waals surface area contributed by atoms with Gasteiger partial charge < -0.3 is 25.7 Å². The molecular formula is C21H18F7N3O5. The zero-order valence-electron chi connectivity index (χ0n) is 18.4. The van der Waals surface area contributed by atoms with E-state index in [1.54, 1.807) is 0 Å². The molecule has 196 valence electrons. The minimum atomic E-state index is -5.08. The Balaban J connectivity index is 2.11. The van der Waals surface area contributed by atoms with Crippen LogP contribution in [-0.4, -0.2) is 36.3 Å². The zero-order valence-corrected chi connectivity index (χ0v) is 18.4. The molecule has 0 unspecified atom stereocenters. The van der Waals surface area contributed by atoms with Crippen molar-refractivity contribution in [3.63, 3.8) is 0 Å². The highest BCUT2D eigenvalue weighted by atomic mass is 19.4. The van der Waals surface area contributed by atoms with Crippen LogP contribution in [0.2, 0.25) is 0 Å². The third-order valence-corrected chi connectivity index (χ3v) is 6.01. The summed E-state index contributed by atoms with van der Waals surface area (Å²) in [6, 6.07) is 3.04. The topological polar surface area (TPSA) is 118 Å². The molecule has 0 aliphatic carbocycles. The fourth-order valence-corrected chi connectivity index (χ4v) is 4.00. The number of nitrogens with zero attached hydrogens (tertiary/aromatic N) is 1. The van der Waals surface area contributed by atoms with Crippen LogP contribution in [0.15, 0.2) is 30.5 Å². The Labute approximate surface area is 198 Å². The van der Waals surface area contributed by atoms with E-state index in [9.17, 15) is 45.5 Å². The minimum absolute atomic E-state index is 0.0743. The molecule has 3 N–H and O–H groups in total. The molecule has 1 aliphatic heterocycles. The van der Waals surface area contributed by atoms with Gasteiger partial charge in [-0.15, -0.1) is 0 Å². The number of alkyl halides is 5. The van der Waals surface area contributed by atoms with Gasteiger partial charge in [-0.25, -0.2) is 4.39 Å². The lowest BCUT2D eigenvalue weighted by molar-refractivity contribution is -0.607. The quantitative estimate of drug-likeness (QED) is 0.341. The van der Waals surface area contributed by atoms with Crippen molar-refractivity contribution in [2.45, 2.75) is 44.3 Å². The summed E-state index contributed by atoms with van der Waals surface area (Å²) in [5.41, 5.74) is 0.502. The summed E-state index contributed by atoms with van der Waals surface area (Å²) in [6.07, 6.45) is -6.38. The molecule has 15 heteroatoms. The second-order valence-electron chi connectivity index (χ2n) is 8.10. The Morgan fingerprint density at radius 2 is 1.89 bits per heavy atom. The average Bonchev–Trinajstić information content (AvgIpc) is 3.04. The number of ether oxygens (including phenoxy) is 2. The van der Waals surface area contributed by atoms with E-state index in [2.05, 4.69) is 10.1 Å².